The fourth-order valence-electron chi connectivity index (χ4n) is 2.71. The smallest absolute Gasteiger partial charge is 0.308 e. The number of carbonyl (C=O) groups is 1. The number of esters is 1. The zero-order valence-electron chi connectivity index (χ0n) is 15.7. The number of ether oxygens (including phenoxy) is 2. The van der Waals surface area contributed by atoms with Crippen LogP contribution in [0.2, 0.25) is 0 Å². The van der Waals surface area contributed by atoms with E-state index >= 15 is 0 Å². The summed E-state index contributed by atoms with van der Waals surface area (Å²) in [4.78, 5) is 11.4. The van der Waals surface area contributed by atoms with Crippen molar-refractivity contribution >= 4 is 21.9 Å². The van der Waals surface area contributed by atoms with Gasteiger partial charge >= 0.3 is 5.97 Å². The van der Waals surface area contributed by atoms with Crippen LogP contribution in [0.1, 0.15) is 49.9 Å². The van der Waals surface area contributed by atoms with Gasteiger partial charge in [0.25, 0.3) is 0 Å². The maximum absolute atomic E-state index is 11.4. The molecule has 4 heteroatoms. The van der Waals surface area contributed by atoms with E-state index in [4.69, 9.17) is 9.47 Å². The molecule has 0 unspecified atom stereocenters. The first-order valence-electron chi connectivity index (χ1n) is 8.30. The summed E-state index contributed by atoms with van der Waals surface area (Å²) in [5, 5.41) is 0. The number of hydrogen-bond donors (Lipinski definition) is 0. The van der Waals surface area contributed by atoms with Gasteiger partial charge in [0.1, 0.15) is 18.1 Å². The summed E-state index contributed by atoms with van der Waals surface area (Å²) in [6.45, 7) is 12.2. The van der Waals surface area contributed by atoms with Crippen LogP contribution < -0.4 is 9.47 Å². The molecule has 0 bridgehead atoms. The summed E-state index contributed by atoms with van der Waals surface area (Å²) >= 11 is 3.71. The molecule has 0 saturated carbocycles. The Labute approximate surface area is 158 Å². The van der Waals surface area contributed by atoms with Gasteiger partial charge < -0.3 is 9.47 Å². The molecule has 0 radical (unpaired) electrons. The molecule has 0 aliphatic rings. The molecular formula is C21H25BrO3. The van der Waals surface area contributed by atoms with Gasteiger partial charge in [0.2, 0.25) is 0 Å². The Morgan fingerprint density at radius 3 is 2.24 bits per heavy atom. The highest BCUT2D eigenvalue weighted by molar-refractivity contribution is 9.10. The first-order chi connectivity index (χ1) is 11.6. The molecule has 0 aromatic heterocycles. The Kier molecular flexibility index (Phi) is 5.94. The van der Waals surface area contributed by atoms with Crippen molar-refractivity contribution < 1.29 is 14.3 Å². The molecule has 2 aromatic rings. The Hall–Kier alpha value is -1.81. The van der Waals surface area contributed by atoms with Crippen molar-refractivity contribution in [2.24, 2.45) is 0 Å². The SMILES string of the molecule is CC(=O)Oc1cc(COc2c(C)cccc2C)c(Br)c(C(C)(C)C)c1. The fourth-order valence-corrected chi connectivity index (χ4v) is 3.65. The number of para-hydroxylation sites is 1. The van der Waals surface area contributed by atoms with Crippen LogP contribution in [0.15, 0.2) is 34.8 Å². The molecule has 3 nitrogen and oxygen atoms in total. The van der Waals surface area contributed by atoms with Crippen LogP contribution in [0, 0.1) is 13.8 Å². The van der Waals surface area contributed by atoms with Crippen LogP contribution in [-0.2, 0) is 16.8 Å². The van der Waals surface area contributed by atoms with Gasteiger partial charge in [0.05, 0.1) is 0 Å². The second-order valence-electron chi connectivity index (χ2n) is 7.30. The number of aryl methyl sites for hydroxylation is 2. The Bertz CT molecular complexity index is 768. The molecule has 0 saturated heterocycles. The lowest BCUT2D eigenvalue weighted by Gasteiger charge is -2.24. The molecule has 2 rings (SSSR count). The van der Waals surface area contributed by atoms with Crippen LogP contribution in [0.3, 0.4) is 0 Å². The summed E-state index contributed by atoms with van der Waals surface area (Å²) < 4.78 is 12.4. The highest BCUT2D eigenvalue weighted by Gasteiger charge is 2.21. The van der Waals surface area contributed by atoms with Crippen molar-refractivity contribution in [2.75, 3.05) is 0 Å². The van der Waals surface area contributed by atoms with Crippen molar-refractivity contribution in [3.05, 3.63) is 57.1 Å². The van der Waals surface area contributed by atoms with E-state index in [1.807, 2.05) is 44.2 Å². The average molecular weight is 405 g/mol. The van der Waals surface area contributed by atoms with Gasteiger partial charge in [-0.2, -0.15) is 0 Å². The first-order valence-corrected chi connectivity index (χ1v) is 9.09. The zero-order valence-corrected chi connectivity index (χ0v) is 17.3. The van der Waals surface area contributed by atoms with E-state index in [-0.39, 0.29) is 11.4 Å². The van der Waals surface area contributed by atoms with Crippen LogP contribution in [0.4, 0.5) is 0 Å². The molecule has 0 fully saturated rings. The highest BCUT2D eigenvalue weighted by Crippen LogP contribution is 2.36. The number of hydrogen-bond acceptors (Lipinski definition) is 3. The minimum absolute atomic E-state index is 0.0949. The Morgan fingerprint density at radius 1 is 1.12 bits per heavy atom. The molecule has 134 valence electrons. The molecule has 25 heavy (non-hydrogen) atoms. The Balaban J connectivity index is 2.40. The van der Waals surface area contributed by atoms with Crippen molar-refractivity contribution in [3.8, 4) is 11.5 Å². The molecule has 0 amide bonds. The number of carbonyl (C=O) groups excluding carboxylic acids is 1. The third-order valence-electron chi connectivity index (χ3n) is 3.97. The van der Waals surface area contributed by atoms with E-state index in [1.54, 1.807) is 0 Å². The lowest BCUT2D eigenvalue weighted by molar-refractivity contribution is -0.131. The second-order valence-corrected chi connectivity index (χ2v) is 8.09. The van der Waals surface area contributed by atoms with E-state index in [2.05, 4.69) is 36.7 Å². The third kappa shape index (κ3) is 4.85. The highest BCUT2D eigenvalue weighted by atomic mass is 79.9. The minimum Gasteiger partial charge on any atom is -0.488 e. The van der Waals surface area contributed by atoms with Gasteiger partial charge in [0, 0.05) is 17.0 Å². The van der Waals surface area contributed by atoms with E-state index in [1.165, 1.54) is 6.92 Å². The number of halogens is 1. The summed E-state index contributed by atoms with van der Waals surface area (Å²) in [5.41, 5.74) is 4.13. The van der Waals surface area contributed by atoms with Crippen molar-refractivity contribution in [1.82, 2.24) is 0 Å². The molecular weight excluding hydrogens is 380 g/mol. The van der Waals surface area contributed by atoms with Gasteiger partial charge in [-0.15, -0.1) is 0 Å². The van der Waals surface area contributed by atoms with Gasteiger partial charge in [-0.25, -0.2) is 0 Å². The summed E-state index contributed by atoms with van der Waals surface area (Å²) in [5.74, 6) is 1.11. The molecule has 0 aliphatic carbocycles. The third-order valence-corrected chi connectivity index (χ3v) is 4.91. The van der Waals surface area contributed by atoms with Gasteiger partial charge in [-0.1, -0.05) is 54.9 Å². The Morgan fingerprint density at radius 2 is 1.72 bits per heavy atom. The van der Waals surface area contributed by atoms with E-state index in [0.717, 1.165) is 32.5 Å². The summed E-state index contributed by atoms with van der Waals surface area (Å²) in [7, 11) is 0. The number of benzene rings is 2. The summed E-state index contributed by atoms with van der Waals surface area (Å²) in [6.07, 6.45) is 0. The fraction of sp³-hybridized carbons (Fsp3) is 0.381. The summed E-state index contributed by atoms with van der Waals surface area (Å²) in [6, 6.07) is 9.86. The van der Waals surface area contributed by atoms with E-state index < -0.39 is 0 Å². The quantitative estimate of drug-likeness (QED) is 0.472. The lowest BCUT2D eigenvalue weighted by Crippen LogP contribution is -2.15. The van der Waals surface area contributed by atoms with Crippen LogP contribution >= 0.6 is 15.9 Å². The molecule has 0 spiro atoms. The molecule has 0 atom stereocenters. The van der Waals surface area contributed by atoms with Crippen molar-refractivity contribution in [1.29, 1.82) is 0 Å². The standard InChI is InChI=1S/C21H25BrO3/c1-13-8-7-9-14(2)20(13)24-12-16-10-17(25-15(3)23)11-18(19(16)22)21(4,5)6/h7-11H,12H2,1-6H3. The van der Waals surface area contributed by atoms with Gasteiger partial charge in [-0.05, 0) is 48.1 Å². The monoisotopic (exact) mass is 404 g/mol. The molecule has 2 aromatic carbocycles. The zero-order chi connectivity index (χ0) is 18.8. The minimum atomic E-state index is -0.330. The predicted molar refractivity (Wildman–Crippen MR) is 104 cm³/mol. The maximum atomic E-state index is 11.4. The van der Waals surface area contributed by atoms with Crippen LogP contribution in [0.5, 0.6) is 11.5 Å². The molecule has 0 aliphatic heterocycles. The average Bonchev–Trinajstić information content (AvgIpc) is 2.47. The topological polar surface area (TPSA) is 35.5 Å². The van der Waals surface area contributed by atoms with E-state index in [9.17, 15) is 4.79 Å². The van der Waals surface area contributed by atoms with Crippen molar-refractivity contribution in [2.45, 2.75) is 53.6 Å². The maximum Gasteiger partial charge on any atom is 0.308 e. The van der Waals surface area contributed by atoms with Crippen LogP contribution in [-0.4, -0.2) is 5.97 Å². The normalized spacial score (nSPS) is 11.3. The molecule has 0 N–H and O–H groups in total. The van der Waals surface area contributed by atoms with Gasteiger partial charge in [0.15, 0.2) is 0 Å². The lowest BCUT2D eigenvalue weighted by atomic mass is 9.86. The second kappa shape index (κ2) is 7.61. The van der Waals surface area contributed by atoms with Crippen LogP contribution in [0.25, 0.3) is 0 Å². The van der Waals surface area contributed by atoms with E-state index in [0.29, 0.717) is 12.4 Å². The number of rotatable bonds is 4. The predicted octanol–water partition coefficient (Wildman–Crippen LogP) is 5.87. The van der Waals surface area contributed by atoms with Crippen molar-refractivity contribution in [3.63, 3.8) is 0 Å². The largest absolute Gasteiger partial charge is 0.488 e. The van der Waals surface area contributed by atoms with Gasteiger partial charge in [-0.3, -0.25) is 4.79 Å². The molecule has 0 heterocycles. The first kappa shape index (κ1) is 19.5.